The molecule has 0 aliphatic heterocycles. The predicted molar refractivity (Wildman–Crippen MR) is 414 cm³/mol. The van der Waals surface area contributed by atoms with Gasteiger partial charge in [-0.3, -0.25) is 0 Å². The van der Waals surface area contributed by atoms with E-state index < -0.39 is 105 Å². The molecular weight excluding hydrogens is 1160 g/mol. The van der Waals surface area contributed by atoms with Crippen LogP contribution in [0.3, 0.4) is 0 Å². The van der Waals surface area contributed by atoms with E-state index in [1.807, 2.05) is 67.4 Å². The molecule has 0 radical (unpaired) electrons. The first-order valence-electron chi connectivity index (χ1n) is 31.4. The Morgan fingerprint density at radius 3 is 0.430 bits per heavy atom. The molecule has 3 aromatic carbocycles. The van der Waals surface area contributed by atoms with Crippen molar-refractivity contribution in [1.82, 2.24) is 0 Å². The summed E-state index contributed by atoms with van der Waals surface area (Å²) in [5.74, 6) is 0.342. The highest BCUT2D eigenvalue weighted by molar-refractivity contribution is 7.30. The molecule has 1 unspecified atom stereocenters. The van der Waals surface area contributed by atoms with E-state index in [1.165, 1.54) is 0 Å². The summed E-state index contributed by atoms with van der Waals surface area (Å²) >= 11 is 0. The van der Waals surface area contributed by atoms with Gasteiger partial charge >= 0.3 is 0 Å². The number of hydrogen-bond donors (Lipinski definition) is 0. The van der Waals surface area contributed by atoms with E-state index in [2.05, 4.69) is 300 Å². The van der Waals surface area contributed by atoms with Gasteiger partial charge in [-0.2, -0.15) is 0 Å². The fourth-order valence-corrected chi connectivity index (χ4v) is 71.5. The summed E-state index contributed by atoms with van der Waals surface area (Å²) in [6, 6.07) is 0. The molecule has 3 aromatic rings. The van der Waals surface area contributed by atoms with Crippen molar-refractivity contribution >= 4 is 183 Å². The maximum absolute atomic E-state index is 3.68. The molecule has 13 heteroatoms. The summed E-state index contributed by atoms with van der Waals surface area (Å²) in [5.41, 5.74) is 10.2. The van der Waals surface area contributed by atoms with Crippen LogP contribution in [0.25, 0.3) is 0 Å². The van der Waals surface area contributed by atoms with Crippen LogP contribution in [0.1, 0.15) is 44.4 Å². The molecule has 446 valence electrons. The highest BCUT2D eigenvalue weighted by Crippen LogP contribution is 2.42. The van der Waals surface area contributed by atoms with E-state index in [0.717, 1.165) is 0 Å². The van der Waals surface area contributed by atoms with E-state index in [0.29, 0.717) is 5.92 Å². The fraction of sp³-hybridized carbons (Fsp3) is 0.667. The zero-order chi connectivity index (χ0) is 62.8. The minimum atomic E-state index is -3.68. The SMILES string of the molecule is CC1=C(C)C(C)C([Si](c2c([Si](C)(C)C)c([Si](C)(C)C)c(C)c([Si](C)(C)C)c2[Si](C)(C)C)(c2c([Si](C)(C)C)c([Si](C)(C)C)c(C)c([Si](C)(C)C)c2[Si](C)(C)C)c2c([Si](C)(C)C)c([Si](C)(C)C)c(C)c([Si](C)(C)C)c2[Si](C)(C)C)=C1C. The van der Waals surface area contributed by atoms with Crippen LogP contribution in [0.4, 0.5) is 0 Å². The molecule has 0 N–H and O–H groups in total. The van der Waals surface area contributed by atoms with Gasteiger partial charge in [-0.05, 0) is 68.6 Å². The lowest BCUT2D eigenvalue weighted by Crippen LogP contribution is -2.95. The second kappa shape index (κ2) is 21.4. The summed E-state index contributed by atoms with van der Waals surface area (Å²) in [4.78, 5) is 0. The van der Waals surface area contributed by atoms with Gasteiger partial charge in [-0.25, -0.2) is 0 Å². The molecule has 0 saturated carbocycles. The van der Waals surface area contributed by atoms with Crippen LogP contribution in [0.2, 0.25) is 236 Å². The van der Waals surface area contributed by atoms with Gasteiger partial charge in [0, 0.05) is 0 Å². The largest absolute Gasteiger partial charge is 0.175 e. The Kier molecular flexibility index (Phi) is 19.3. The standard InChI is InChI=1S/C66H130Si13/c1-44-45(2)47(4)51(46(44)3)79(64-58(73(26,27)28)52(67(8,9)10)48(5)53(68(11,12)13)59(64)74(29,30)31,65-60(75(32,33)34)54(69(14,15)16)49(6)55(70(17,18)19)61(65)76(35,36)37)66-62(77(38,39)40)56(71(20,21)22)50(7)57(72(23,24)25)63(66)78(41,42)43/h46H,1-43H3. The Morgan fingerprint density at radius 1 is 0.190 bits per heavy atom. The molecule has 1 aliphatic carbocycles. The van der Waals surface area contributed by atoms with Crippen LogP contribution < -0.4 is 77.8 Å². The van der Waals surface area contributed by atoms with Crippen molar-refractivity contribution < 1.29 is 0 Å². The van der Waals surface area contributed by atoms with Gasteiger partial charge in [0.05, 0.1) is 96.9 Å². The fourth-order valence-electron chi connectivity index (χ4n) is 16.6. The maximum Gasteiger partial charge on any atom is 0.175 e. The van der Waals surface area contributed by atoms with Crippen molar-refractivity contribution in [1.29, 1.82) is 0 Å². The van der Waals surface area contributed by atoms with Crippen molar-refractivity contribution in [2.24, 2.45) is 5.92 Å². The molecule has 0 bridgehead atoms. The smallest absolute Gasteiger partial charge is 0.0656 e. The van der Waals surface area contributed by atoms with Crippen LogP contribution in [-0.4, -0.2) is 105 Å². The molecule has 0 heterocycles. The molecule has 0 amide bonds. The highest BCUT2D eigenvalue weighted by atomic mass is 28.4. The van der Waals surface area contributed by atoms with Crippen molar-refractivity contribution in [2.75, 3.05) is 0 Å². The summed E-state index contributed by atoms with van der Waals surface area (Å²) in [6.45, 7) is 121. The number of benzene rings is 3. The van der Waals surface area contributed by atoms with Gasteiger partial charge in [0.15, 0.2) is 8.07 Å². The molecule has 4 rings (SSSR count). The van der Waals surface area contributed by atoms with E-state index in [1.54, 1.807) is 33.4 Å². The Hall–Kier alpha value is -0.0405. The van der Waals surface area contributed by atoms with Crippen molar-refractivity contribution in [3.05, 3.63) is 38.6 Å². The van der Waals surface area contributed by atoms with Gasteiger partial charge in [-0.15, -0.1) is 0 Å². The van der Waals surface area contributed by atoms with Crippen molar-refractivity contribution in [3.8, 4) is 0 Å². The number of allylic oxidation sites excluding steroid dienone is 4. The van der Waals surface area contributed by atoms with Crippen LogP contribution >= 0.6 is 0 Å². The number of rotatable bonds is 16. The molecule has 0 aromatic heterocycles. The lowest BCUT2D eigenvalue weighted by molar-refractivity contribution is 0.852. The van der Waals surface area contributed by atoms with Gasteiger partial charge in [0.1, 0.15) is 0 Å². The normalized spacial score (nSPS) is 16.8. The zero-order valence-corrected chi connectivity index (χ0v) is 74.1. The van der Waals surface area contributed by atoms with Gasteiger partial charge in [0.2, 0.25) is 0 Å². The molecule has 1 atom stereocenters. The number of hydrogen-bond acceptors (Lipinski definition) is 0. The Morgan fingerprint density at radius 2 is 0.329 bits per heavy atom. The maximum atomic E-state index is 2.87. The molecule has 79 heavy (non-hydrogen) atoms. The Bertz CT molecular complexity index is 2540. The average Bonchev–Trinajstić information content (AvgIpc) is 3.34. The molecule has 0 fully saturated rings. The lowest BCUT2D eigenvalue weighted by atomic mass is 10.1. The van der Waals surface area contributed by atoms with Crippen molar-refractivity contribution in [3.63, 3.8) is 0 Å². The van der Waals surface area contributed by atoms with Gasteiger partial charge in [0.25, 0.3) is 0 Å². The monoisotopic (exact) mass is 1290 g/mol. The molecule has 0 spiro atoms. The zero-order valence-electron chi connectivity index (χ0n) is 61.1. The second-order valence-corrected chi connectivity index (χ2v) is 102. The van der Waals surface area contributed by atoms with E-state index >= 15 is 0 Å². The predicted octanol–water partition coefficient (Wildman–Crippen LogP) is 12.5. The van der Waals surface area contributed by atoms with E-state index in [9.17, 15) is 0 Å². The highest BCUT2D eigenvalue weighted by Gasteiger charge is 2.62. The molecular formula is C66H130Si13. The van der Waals surface area contributed by atoms with Crippen LogP contribution in [-0.2, 0) is 0 Å². The third kappa shape index (κ3) is 12.7. The van der Waals surface area contributed by atoms with E-state index in [-0.39, 0.29) is 0 Å². The summed E-state index contributed by atoms with van der Waals surface area (Å²) in [5, 5.41) is 31.4. The van der Waals surface area contributed by atoms with Crippen LogP contribution in [0, 0.1) is 26.7 Å². The summed E-state index contributed by atoms with van der Waals surface area (Å²) in [7, 11) is -29.9. The van der Waals surface area contributed by atoms with Crippen LogP contribution in [0.5, 0.6) is 0 Å². The van der Waals surface area contributed by atoms with Crippen LogP contribution in [0.15, 0.2) is 21.9 Å². The molecule has 0 nitrogen and oxygen atoms in total. The Balaban J connectivity index is 3.46. The third-order valence-electron chi connectivity index (χ3n) is 18.4. The lowest BCUT2D eigenvalue weighted by Gasteiger charge is -2.55. The average molecular weight is 1290 g/mol. The summed E-state index contributed by atoms with van der Waals surface area (Å²) < 4.78 is 0. The second-order valence-electron chi connectivity index (χ2n) is 38.3. The topological polar surface area (TPSA) is 0 Å². The summed E-state index contributed by atoms with van der Waals surface area (Å²) in [6.07, 6.45) is 0. The Labute approximate surface area is 507 Å². The molecule has 1 aliphatic rings. The minimum absolute atomic E-state index is 0.342. The van der Waals surface area contributed by atoms with E-state index in [4.69, 9.17) is 0 Å². The minimum Gasteiger partial charge on any atom is -0.0656 e. The quantitative estimate of drug-likeness (QED) is 0.0990. The first kappa shape index (κ1) is 71.4. The third-order valence-corrected chi connectivity index (χ3v) is 51.5. The first-order valence-corrected chi connectivity index (χ1v) is 75.4. The first-order chi connectivity index (χ1) is 34.3. The van der Waals surface area contributed by atoms with Crippen molar-refractivity contribution in [2.45, 2.75) is 284 Å². The van der Waals surface area contributed by atoms with Gasteiger partial charge in [-0.1, -0.05) is 338 Å². The van der Waals surface area contributed by atoms with Gasteiger partial charge < -0.3 is 0 Å². The molecule has 0 saturated heterocycles.